The number of hydrogen-bond donors (Lipinski definition) is 1. The van der Waals surface area contributed by atoms with Crippen LogP contribution in [0, 0.1) is 12.8 Å². The van der Waals surface area contributed by atoms with E-state index in [2.05, 4.69) is 11.9 Å². The van der Waals surface area contributed by atoms with Crippen LogP contribution in [-0.2, 0) is 10.0 Å². The second-order valence-electron chi connectivity index (χ2n) is 5.84. The number of nitrogen functional groups attached to an aromatic ring is 1. The fourth-order valence-corrected chi connectivity index (χ4v) is 4.45. The van der Waals surface area contributed by atoms with E-state index in [1.165, 1.54) is 10.4 Å². The molecule has 7 heteroatoms. The van der Waals surface area contributed by atoms with Gasteiger partial charge in [-0.1, -0.05) is 11.6 Å². The van der Waals surface area contributed by atoms with Gasteiger partial charge in [0.2, 0.25) is 10.0 Å². The number of hydrogen-bond acceptors (Lipinski definition) is 4. The van der Waals surface area contributed by atoms with Gasteiger partial charge in [-0.15, -0.1) is 0 Å². The first kappa shape index (κ1) is 16.5. The van der Waals surface area contributed by atoms with Crippen LogP contribution in [0.15, 0.2) is 17.0 Å². The normalized spacial score (nSPS) is 20.3. The molecule has 118 valence electrons. The molecule has 1 aromatic carbocycles. The minimum absolute atomic E-state index is 0.234. The molecule has 0 spiro atoms. The van der Waals surface area contributed by atoms with E-state index in [0.717, 1.165) is 19.5 Å². The Morgan fingerprint density at radius 3 is 2.71 bits per heavy atom. The number of nitrogens with two attached hydrogens (primary N) is 1. The van der Waals surface area contributed by atoms with Gasteiger partial charge in [0.05, 0.1) is 15.6 Å². The fraction of sp³-hybridized carbons (Fsp3) is 0.571. The molecule has 0 saturated carbocycles. The van der Waals surface area contributed by atoms with E-state index >= 15 is 0 Å². The van der Waals surface area contributed by atoms with Gasteiger partial charge in [-0.3, -0.25) is 0 Å². The fourth-order valence-electron chi connectivity index (χ4n) is 2.75. The largest absolute Gasteiger partial charge is 0.397 e. The van der Waals surface area contributed by atoms with E-state index in [1.54, 1.807) is 20.0 Å². The van der Waals surface area contributed by atoms with Crippen LogP contribution in [0.4, 0.5) is 5.69 Å². The summed E-state index contributed by atoms with van der Waals surface area (Å²) in [5, 5.41) is 0.381. The van der Waals surface area contributed by atoms with Gasteiger partial charge in [0.15, 0.2) is 0 Å². The molecule has 1 unspecified atom stereocenters. The van der Waals surface area contributed by atoms with Gasteiger partial charge < -0.3 is 10.6 Å². The monoisotopic (exact) mass is 331 g/mol. The number of rotatable bonds is 4. The summed E-state index contributed by atoms with van der Waals surface area (Å²) in [6.45, 7) is 4.21. The second kappa shape index (κ2) is 6.12. The third kappa shape index (κ3) is 3.51. The molecule has 0 amide bonds. The summed E-state index contributed by atoms with van der Waals surface area (Å²) in [6, 6.07) is 3.05. The van der Waals surface area contributed by atoms with Crippen LogP contribution in [0.5, 0.6) is 0 Å². The van der Waals surface area contributed by atoms with Gasteiger partial charge in [-0.2, -0.15) is 0 Å². The molecule has 0 radical (unpaired) electrons. The van der Waals surface area contributed by atoms with Crippen LogP contribution < -0.4 is 5.73 Å². The van der Waals surface area contributed by atoms with Crippen LogP contribution in [0.3, 0.4) is 0 Å². The highest BCUT2D eigenvalue weighted by molar-refractivity contribution is 7.89. The molecule has 0 bridgehead atoms. The maximum Gasteiger partial charge on any atom is 0.243 e. The molecule has 0 aliphatic carbocycles. The Labute approximate surface area is 131 Å². The Morgan fingerprint density at radius 2 is 2.14 bits per heavy atom. The van der Waals surface area contributed by atoms with Gasteiger partial charge >= 0.3 is 0 Å². The Bertz CT molecular complexity index is 633. The number of aryl methyl sites for hydroxylation is 1. The van der Waals surface area contributed by atoms with Crippen molar-refractivity contribution in [3.05, 3.63) is 22.7 Å². The van der Waals surface area contributed by atoms with Crippen molar-refractivity contribution >= 4 is 27.3 Å². The van der Waals surface area contributed by atoms with Crippen molar-refractivity contribution in [2.45, 2.75) is 18.2 Å². The van der Waals surface area contributed by atoms with Gasteiger partial charge in [-0.25, -0.2) is 12.7 Å². The quantitative estimate of drug-likeness (QED) is 0.854. The third-order valence-corrected chi connectivity index (χ3v) is 6.28. The highest BCUT2D eigenvalue weighted by Crippen LogP contribution is 2.28. The van der Waals surface area contributed by atoms with Crippen LogP contribution >= 0.6 is 11.6 Å². The van der Waals surface area contributed by atoms with Crippen molar-refractivity contribution < 1.29 is 8.42 Å². The van der Waals surface area contributed by atoms with Crippen LogP contribution in [0.2, 0.25) is 5.02 Å². The zero-order valence-electron chi connectivity index (χ0n) is 12.6. The summed E-state index contributed by atoms with van der Waals surface area (Å²) in [7, 11) is 0.139. The Balaban J connectivity index is 2.23. The maximum atomic E-state index is 12.7. The molecule has 5 nitrogen and oxygen atoms in total. The van der Waals surface area contributed by atoms with Crippen LogP contribution in [-0.4, -0.2) is 51.4 Å². The van der Waals surface area contributed by atoms with Gasteiger partial charge in [-0.05, 0) is 50.6 Å². The van der Waals surface area contributed by atoms with E-state index in [9.17, 15) is 8.42 Å². The number of likely N-dealkylation sites (tertiary alicyclic amines) is 1. The number of anilines is 1. The Morgan fingerprint density at radius 1 is 1.48 bits per heavy atom. The molecule has 1 aliphatic heterocycles. The van der Waals surface area contributed by atoms with Crippen molar-refractivity contribution in [3.8, 4) is 0 Å². The van der Waals surface area contributed by atoms with Crippen LogP contribution in [0.1, 0.15) is 12.0 Å². The first-order valence-corrected chi connectivity index (χ1v) is 8.74. The first-order valence-electron chi connectivity index (χ1n) is 6.92. The number of benzene rings is 1. The average Bonchev–Trinajstić information content (AvgIpc) is 2.79. The Hall–Kier alpha value is -0.820. The van der Waals surface area contributed by atoms with Crippen molar-refractivity contribution in [2.75, 3.05) is 39.5 Å². The van der Waals surface area contributed by atoms with Crippen molar-refractivity contribution in [1.82, 2.24) is 9.21 Å². The summed E-state index contributed by atoms with van der Waals surface area (Å²) in [5.74, 6) is 0.375. The minimum atomic E-state index is -3.54. The summed E-state index contributed by atoms with van der Waals surface area (Å²) < 4.78 is 26.8. The SMILES string of the molecule is Cc1cc(Cl)c(N)cc1S(=O)(=O)N(C)CC1CCN(C)C1. The molecule has 1 fully saturated rings. The number of sulfonamides is 1. The predicted octanol–water partition coefficient (Wildman–Crippen LogP) is 1.80. The molecule has 1 aromatic rings. The zero-order valence-corrected chi connectivity index (χ0v) is 14.2. The molecule has 21 heavy (non-hydrogen) atoms. The first-order chi connectivity index (χ1) is 9.71. The van der Waals surface area contributed by atoms with Crippen molar-refractivity contribution in [3.63, 3.8) is 0 Å². The van der Waals surface area contributed by atoms with Crippen molar-refractivity contribution in [1.29, 1.82) is 0 Å². The molecule has 1 heterocycles. The van der Waals surface area contributed by atoms with E-state index in [0.29, 0.717) is 23.0 Å². The lowest BCUT2D eigenvalue weighted by molar-refractivity contribution is 0.356. The summed E-state index contributed by atoms with van der Waals surface area (Å²) >= 11 is 5.93. The van der Waals surface area contributed by atoms with Crippen LogP contribution in [0.25, 0.3) is 0 Å². The molecular weight excluding hydrogens is 310 g/mol. The van der Waals surface area contributed by atoms with Gasteiger partial charge in [0.1, 0.15) is 0 Å². The molecule has 1 atom stereocenters. The van der Waals surface area contributed by atoms with E-state index in [4.69, 9.17) is 17.3 Å². The minimum Gasteiger partial charge on any atom is -0.397 e. The number of halogens is 1. The highest BCUT2D eigenvalue weighted by Gasteiger charge is 2.28. The van der Waals surface area contributed by atoms with Gasteiger partial charge in [0, 0.05) is 20.1 Å². The maximum absolute atomic E-state index is 12.7. The van der Waals surface area contributed by atoms with E-state index < -0.39 is 10.0 Å². The van der Waals surface area contributed by atoms with E-state index in [-0.39, 0.29) is 10.6 Å². The molecule has 1 saturated heterocycles. The zero-order chi connectivity index (χ0) is 15.8. The van der Waals surface area contributed by atoms with Gasteiger partial charge in [0.25, 0.3) is 0 Å². The second-order valence-corrected chi connectivity index (χ2v) is 8.26. The third-order valence-electron chi connectivity index (χ3n) is 3.99. The number of nitrogens with zero attached hydrogens (tertiary/aromatic N) is 2. The molecular formula is C14H22ClN3O2S. The molecule has 1 aliphatic rings. The molecule has 2 rings (SSSR count). The highest BCUT2D eigenvalue weighted by atomic mass is 35.5. The lowest BCUT2D eigenvalue weighted by Gasteiger charge is -2.22. The average molecular weight is 332 g/mol. The molecule has 2 N–H and O–H groups in total. The summed E-state index contributed by atoms with van der Waals surface area (Å²) in [4.78, 5) is 2.45. The predicted molar refractivity (Wildman–Crippen MR) is 86.0 cm³/mol. The summed E-state index contributed by atoms with van der Waals surface area (Å²) in [6.07, 6.45) is 1.03. The smallest absolute Gasteiger partial charge is 0.243 e. The van der Waals surface area contributed by atoms with E-state index in [1.807, 2.05) is 0 Å². The Kier molecular flexibility index (Phi) is 4.82. The summed E-state index contributed by atoms with van der Waals surface area (Å²) in [5.41, 5.74) is 6.65. The topological polar surface area (TPSA) is 66.6 Å². The lowest BCUT2D eigenvalue weighted by Crippen LogP contribution is -2.33. The lowest BCUT2D eigenvalue weighted by atomic mass is 10.1. The van der Waals surface area contributed by atoms with Crippen molar-refractivity contribution in [2.24, 2.45) is 5.92 Å². The molecule has 0 aromatic heterocycles. The standard InChI is InChI=1S/C14H22ClN3O2S/c1-10-6-12(15)13(16)7-14(10)21(19,20)18(3)9-11-4-5-17(2)8-11/h6-7,11H,4-5,8-9,16H2,1-3H3.